The maximum atomic E-state index is 10.9. The summed E-state index contributed by atoms with van der Waals surface area (Å²) in [4.78, 5) is 24.9. The van der Waals surface area contributed by atoms with Crippen LogP contribution in [0, 0.1) is 10.1 Å². The topological polar surface area (TPSA) is 114 Å². The van der Waals surface area contributed by atoms with Gasteiger partial charge in [-0.25, -0.2) is 4.79 Å². The van der Waals surface area contributed by atoms with E-state index in [-0.39, 0.29) is 16.9 Å². The van der Waals surface area contributed by atoms with E-state index in [0.717, 1.165) is 12.3 Å². The molecule has 7 nitrogen and oxygen atoms in total. The lowest BCUT2D eigenvalue weighted by Crippen LogP contribution is -1.98. The number of hydrogen-bond acceptors (Lipinski definition) is 5. The monoisotopic (exact) mass is 260 g/mol. The summed E-state index contributed by atoms with van der Waals surface area (Å²) in [6, 6.07) is 6.81. The number of nitro groups is 1. The van der Waals surface area contributed by atoms with Crippen molar-refractivity contribution in [3.05, 3.63) is 52.2 Å². The number of rotatable bonds is 3. The summed E-state index contributed by atoms with van der Waals surface area (Å²) in [7, 11) is 0. The minimum absolute atomic E-state index is 0.121. The van der Waals surface area contributed by atoms with Crippen molar-refractivity contribution in [2.24, 2.45) is 0 Å². The maximum absolute atomic E-state index is 10.9. The fourth-order valence-corrected chi connectivity index (χ4v) is 1.56. The summed E-state index contributed by atoms with van der Waals surface area (Å²) in [6.07, 6.45) is 0.998. The molecule has 1 aromatic carbocycles. The molecule has 0 bridgehead atoms. The van der Waals surface area contributed by atoms with Crippen molar-refractivity contribution in [3.8, 4) is 17.0 Å². The lowest BCUT2D eigenvalue weighted by atomic mass is 10.1. The lowest BCUT2D eigenvalue weighted by Gasteiger charge is -2.04. The standard InChI is InChI=1S/C12H8N2O5/c15-11-6-13-10(5-9(11)12(16)17)7-2-1-3-8(4-7)14(18)19/h1-6,15H,(H,16,17). The number of nitrogens with zero attached hydrogens (tertiary/aromatic N) is 2. The van der Waals surface area contributed by atoms with Gasteiger partial charge in [-0.15, -0.1) is 0 Å². The van der Waals surface area contributed by atoms with E-state index in [1.165, 1.54) is 18.2 Å². The van der Waals surface area contributed by atoms with Gasteiger partial charge >= 0.3 is 5.97 Å². The molecule has 2 rings (SSSR count). The van der Waals surface area contributed by atoms with Gasteiger partial charge in [-0.2, -0.15) is 0 Å². The maximum Gasteiger partial charge on any atom is 0.339 e. The molecule has 0 unspecified atom stereocenters. The molecule has 0 aliphatic rings. The molecule has 19 heavy (non-hydrogen) atoms. The van der Waals surface area contributed by atoms with Gasteiger partial charge in [-0.1, -0.05) is 12.1 Å². The molecule has 0 radical (unpaired) electrons. The van der Waals surface area contributed by atoms with Gasteiger partial charge < -0.3 is 10.2 Å². The highest BCUT2D eigenvalue weighted by Crippen LogP contribution is 2.25. The molecule has 2 aromatic rings. The van der Waals surface area contributed by atoms with Gasteiger partial charge in [0.05, 0.1) is 16.8 Å². The molecule has 0 saturated carbocycles. The Bertz CT molecular complexity index is 669. The molecule has 0 fully saturated rings. The number of carboxylic acid groups (broad SMARTS) is 1. The van der Waals surface area contributed by atoms with Crippen LogP contribution in [0.25, 0.3) is 11.3 Å². The first-order valence-electron chi connectivity index (χ1n) is 5.16. The molecule has 1 heterocycles. The second-order valence-corrected chi connectivity index (χ2v) is 3.70. The largest absolute Gasteiger partial charge is 0.505 e. The summed E-state index contributed by atoms with van der Waals surface area (Å²) in [6.45, 7) is 0. The van der Waals surface area contributed by atoms with E-state index in [2.05, 4.69) is 4.98 Å². The third kappa shape index (κ3) is 2.49. The molecule has 1 aromatic heterocycles. The fraction of sp³-hybridized carbons (Fsp3) is 0. The predicted molar refractivity (Wildman–Crippen MR) is 65.0 cm³/mol. The zero-order valence-corrected chi connectivity index (χ0v) is 9.48. The fourth-order valence-electron chi connectivity index (χ4n) is 1.56. The second-order valence-electron chi connectivity index (χ2n) is 3.70. The Hall–Kier alpha value is -2.96. The molecular formula is C12H8N2O5. The van der Waals surface area contributed by atoms with E-state index in [1.807, 2.05) is 0 Å². The first-order chi connectivity index (χ1) is 8.99. The molecule has 2 N–H and O–H groups in total. The summed E-state index contributed by atoms with van der Waals surface area (Å²) in [5, 5.41) is 28.9. The van der Waals surface area contributed by atoms with Crippen LogP contribution in [-0.2, 0) is 0 Å². The van der Waals surface area contributed by atoms with Gasteiger partial charge in [-0.05, 0) is 6.07 Å². The molecule has 0 spiro atoms. The van der Waals surface area contributed by atoms with Gasteiger partial charge in [0.25, 0.3) is 5.69 Å². The number of carboxylic acids is 1. The number of pyridine rings is 1. The van der Waals surface area contributed by atoms with E-state index in [1.54, 1.807) is 6.07 Å². The highest BCUT2D eigenvalue weighted by molar-refractivity contribution is 5.91. The summed E-state index contributed by atoms with van der Waals surface area (Å²) in [5.74, 6) is -1.76. The van der Waals surface area contributed by atoms with Gasteiger partial charge in [0.15, 0.2) is 0 Å². The zero-order valence-electron chi connectivity index (χ0n) is 9.48. The molecule has 96 valence electrons. The third-order valence-electron chi connectivity index (χ3n) is 2.47. The number of aromatic hydroxyl groups is 1. The quantitative estimate of drug-likeness (QED) is 0.644. The van der Waals surface area contributed by atoms with E-state index >= 15 is 0 Å². The SMILES string of the molecule is O=C(O)c1cc(-c2cccc([N+](=O)[O-])c2)ncc1O. The van der Waals surface area contributed by atoms with Crippen molar-refractivity contribution in [3.63, 3.8) is 0 Å². The Morgan fingerprint density at radius 3 is 2.68 bits per heavy atom. The highest BCUT2D eigenvalue weighted by atomic mass is 16.6. The third-order valence-corrected chi connectivity index (χ3v) is 2.47. The van der Waals surface area contributed by atoms with Crippen molar-refractivity contribution >= 4 is 11.7 Å². The lowest BCUT2D eigenvalue weighted by molar-refractivity contribution is -0.384. The van der Waals surface area contributed by atoms with Crippen molar-refractivity contribution < 1.29 is 19.9 Å². The number of aromatic nitrogens is 1. The van der Waals surface area contributed by atoms with Crippen LogP contribution in [0.4, 0.5) is 5.69 Å². The van der Waals surface area contributed by atoms with Crippen LogP contribution in [0.2, 0.25) is 0 Å². The van der Waals surface area contributed by atoms with Crippen LogP contribution < -0.4 is 0 Å². The van der Waals surface area contributed by atoms with Crippen LogP contribution in [-0.4, -0.2) is 26.1 Å². The van der Waals surface area contributed by atoms with Gasteiger partial charge in [0, 0.05) is 17.7 Å². The Morgan fingerprint density at radius 2 is 2.05 bits per heavy atom. The Kier molecular flexibility index (Phi) is 3.11. The molecule has 0 saturated heterocycles. The second kappa shape index (κ2) is 4.73. The molecular weight excluding hydrogens is 252 g/mol. The van der Waals surface area contributed by atoms with Crippen molar-refractivity contribution in [2.75, 3.05) is 0 Å². The van der Waals surface area contributed by atoms with Crippen LogP contribution in [0.1, 0.15) is 10.4 Å². The highest BCUT2D eigenvalue weighted by Gasteiger charge is 2.13. The van der Waals surface area contributed by atoms with Gasteiger partial charge in [-0.3, -0.25) is 15.1 Å². The molecule has 0 aliphatic heterocycles. The van der Waals surface area contributed by atoms with E-state index in [4.69, 9.17) is 5.11 Å². The smallest absolute Gasteiger partial charge is 0.339 e. The summed E-state index contributed by atoms with van der Waals surface area (Å²) in [5.41, 5.74) is 0.205. The van der Waals surface area contributed by atoms with Crippen molar-refractivity contribution in [1.29, 1.82) is 0 Å². The first-order valence-corrected chi connectivity index (χ1v) is 5.16. The normalized spacial score (nSPS) is 10.1. The number of benzene rings is 1. The molecule has 0 aliphatic carbocycles. The van der Waals surface area contributed by atoms with Crippen molar-refractivity contribution in [2.45, 2.75) is 0 Å². The van der Waals surface area contributed by atoms with E-state index in [9.17, 15) is 20.0 Å². The first kappa shape index (κ1) is 12.5. The van der Waals surface area contributed by atoms with Crippen LogP contribution >= 0.6 is 0 Å². The molecule has 0 amide bonds. The average molecular weight is 260 g/mol. The predicted octanol–water partition coefficient (Wildman–Crippen LogP) is 2.06. The summed E-state index contributed by atoms with van der Waals surface area (Å²) >= 11 is 0. The molecule has 0 atom stereocenters. The van der Waals surface area contributed by atoms with Crippen molar-refractivity contribution in [1.82, 2.24) is 4.98 Å². The van der Waals surface area contributed by atoms with Gasteiger partial charge in [0.1, 0.15) is 11.3 Å². The summed E-state index contributed by atoms with van der Waals surface area (Å²) < 4.78 is 0. The number of aromatic carboxylic acids is 1. The number of carbonyl (C=O) groups is 1. The van der Waals surface area contributed by atoms with E-state index in [0.29, 0.717) is 5.56 Å². The van der Waals surface area contributed by atoms with Gasteiger partial charge in [0.2, 0.25) is 0 Å². The van der Waals surface area contributed by atoms with Crippen LogP contribution in [0.5, 0.6) is 5.75 Å². The van der Waals surface area contributed by atoms with Crippen LogP contribution in [0.3, 0.4) is 0 Å². The van der Waals surface area contributed by atoms with E-state index < -0.39 is 16.6 Å². The minimum Gasteiger partial charge on any atom is -0.505 e. The Labute approximate surface area is 106 Å². The number of nitro benzene ring substituents is 1. The van der Waals surface area contributed by atoms with Crippen LogP contribution in [0.15, 0.2) is 36.5 Å². The Morgan fingerprint density at radius 1 is 1.32 bits per heavy atom. The number of non-ortho nitro benzene ring substituents is 1. The minimum atomic E-state index is -1.30. The number of hydrogen-bond donors (Lipinski definition) is 2. The zero-order chi connectivity index (χ0) is 14.0. The Balaban J connectivity index is 2.53. The molecule has 7 heteroatoms. The average Bonchev–Trinajstić information content (AvgIpc) is 2.39.